The average Bonchev–Trinajstić information content (AvgIpc) is 3.21. The summed E-state index contributed by atoms with van der Waals surface area (Å²) in [6.07, 6.45) is 20.8. The second-order valence-corrected chi connectivity index (χ2v) is 14.4. The van der Waals surface area contributed by atoms with Gasteiger partial charge in [0.25, 0.3) is 0 Å². The first kappa shape index (κ1) is 29.0. The Bertz CT molecular complexity index is 786. The Morgan fingerprint density at radius 3 is 2.54 bits per heavy atom. The average molecular weight is 515 g/mol. The molecule has 0 heterocycles. The number of ether oxygens (including phenoxy) is 2. The fourth-order valence-corrected chi connectivity index (χ4v) is 9.61. The number of allylic oxidation sites excluding steroid dienone is 1. The first-order valence-electron chi connectivity index (χ1n) is 16.2. The van der Waals surface area contributed by atoms with E-state index in [1.54, 1.807) is 5.57 Å². The van der Waals surface area contributed by atoms with E-state index in [0.717, 1.165) is 67.6 Å². The monoisotopic (exact) mass is 514 g/mol. The summed E-state index contributed by atoms with van der Waals surface area (Å²) in [4.78, 5) is 12.3. The van der Waals surface area contributed by atoms with Crippen LogP contribution in [0, 0.1) is 46.3 Å². The van der Waals surface area contributed by atoms with Crippen molar-refractivity contribution >= 4 is 6.16 Å². The van der Waals surface area contributed by atoms with Crippen LogP contribution >= 0.6 is 0 Å². The van der Waals surface area contributed by atoms with Gasteiger partial charge in [0.05, 0.1) is 6.61 Å². The lowest BCUT2D eigenvalue weighted by Gasteiger charge is -2.58. The molecule has 0 unspecified atom stereocenters. The maximum atomic E-state index is 12.3. The van der Waals surface area contributed by atoms with Crippen molar-refractivity contribution in [1.82, 2.24) is 0 Å². The van der Waals surface area contributed by atoms with Gasteiger partial charge in [0.1, 0.15) is 6.10 Å². The predicted molar refractivity (Wildman–Crippen MR) is 153 cm³/mol. The van der Waals surface area contributed by atoms with E-state index in [4.69, 9.17) is 9.47 Å². The molecule has 0 aromatic carbocycles. The normalized spacial score (nSPS) is 37.8. The van der Waals surface area contributed by atoms with Crippen LogP contribution < -0.4 is 0 Å². The van der Waals surface area contributed by atoms with Crippen molar-refractivity contribution in [2.45, 2.75) is 144 Å². The predicted octanol–water partition coefficient (Wildman–Crippen LogP) is 10.1. The summed E-state index contributed by atoms with van der Waals surface area (Å²) in [5.74, 6) is 5.18. The minimum atomic E-state index is -0.452. The van der Waals surface area contributed by atoms with E-state index in [0.29, 0.717) is 17.4 Å². The highest BCUT2D eigenvalue weighted by molar-refractivity contribution is 5.60. The Morgan fingerprint density at radius 1 is 0.973 bits per heavy atom. The molecule has 0 N–H and O–H groups in total. The number of carbonyl (C=O) groups excluding carboxylic acids is 1. The van der Waals surface area contributed by atoms with Crippen LogP contribution in [0.4, 0.5) is 4.79 Å². The van der Waals surface area contributed by atoms with Crippen LogP contribution in [0.3, 0.4) is 0 Å². The first-order valence-corrected chi connectivity index (χ1v) is 16.2. The minimum absolute atomic E-state index is 0.00424. The lowest BCUT2D eigenvalue weighted by Crippen LogP contribution is -2.51. The molecule has 3 nitrogen and oxygen atoms in total. The van der Waals surface area contributed by atoms with E-state index >= 15 is 0 Å². The minimum Gasteiger partial charge on any atom is -0.434 e. The van der Waals surface area contributed by atoms with Gasteiger partial charge in [-0.25, -0.2) is 4.79 Å². The van der Waals surface area contributed by atoms with E-state index in [9.17, 15) is 4.79 Å². The zero-order valence-corrected chi connectivity index (χ0v) is 25.2. The molecule has 0 saturated heterocycles. The van der Waals surface area contributed by atoms with Gasteiger partial charge in [0, 0.05) is 6.42 Å². The summed E-state index contributed by atoms with van der Waals surface area (Å²) in [5.41, 5.74) is 2.43. The quantitative estimate of drug-likeness (QED) is 0.156. The Morgan fingerprint density at radius 2 is 1.78 bits per heavy atom. The Kier molecular flexibility index (Phi) is 9.77. The highest BCUT2D eigenvalue weighted by atomic mass is 16.7. The van der Waals surface area contributed by atoms with Gasteiger partial charge in [-0.1, -0.05) is 91.7 Å². The van der Waals surface area contributed by atoms with E-state index in [1.807, 2.05) is 0 Å². The van der Waals surface area contributed by atoms with Crippen LogP contribution in [0.2, 0.25) is 0 Å². The fraction of sp³-hybridized carbons (Fsp3) is 0.912. The maximum absolute atomic E-state index is 12.3. The van der Waals surface area contributed by atoms with E-state index < -0.39 is 6.16 Å². The Labute approximate surface area is 228 Å². The first-order chi connectivity index (χ1) is 17.7. The second-order valence-electron chi connectivity index (χ2n) is 14.4. The molecule has 0 radical (unpaired) electrons. The lowest BCUT2D eigenvalue weighted by atomic mass is 9.47. The van der Waals surface area contributed by atoms with Gasteiger partial charge in [0.15, 0.2) is 0 Å². The molecule has 0 aromatic rings. The number of carbonyl (C=O) groups is 1. The molecule has 0 amide bonds. The molecule has 3 fully saturated rings. The molecule has 0 aliphatic heterocycles. The molecule has 37 heavy (non-hydrogen) atoms. The van der Waals surface area contributed by atoms with Crippen molar-refractivity contribution < 1.29 is 14.3 Å². The van der Waals surface area contributed by atoms with E-state index in [1.165, 1.54) is 64.2 Å². The summed E-state index contributed by atoms with van der Waals surface area (Å²) in [6.45, 7) is 15.2. The van der Waals surface area contributed by atoms with Crippen molar-refractivity contribution in [3.63, 3.8) is 0 Å². The zero-order valence-electron chi connectivity index (χ0n) is 25.2. The standard InChI is InChI=1S/C34H58O3/c1-7-8-9-10-22-36-32(35)37-27-18-20-33(5)26(23-27)14-15-28-30-17-16-29(25(4)13-11-12-24(2)3)34(30,6)21-19-31(28)33/h14,24-25,27-31H,7-13,15-23H2,1-6H3/t25-,27+,28+,29-,30+,31+,33+,34-/m1/s1. The molecular weight excluding hydrogens is 456 g/mol. The molecule has 8 atom stereocenters. The zero-order chi connectivity index (χ0) is 26.6. The highest BCUT2D eigenvalue weighted by Crippen LogP contribution is 2.67. The molecular formula is C34H58O3. The highest BCUT2D eigenvalue weighted by Gasteiger charge is 2.59. The van der Waals surface area contributed by atoms with Gasteiger partial charge >= 0.3 is 6.16 Å². The lowest BCUT2D eigenvalue weighted by molar-refractivity contribution is -0.0617. The summed E-state index contributed by atoms with van der Waals surface area (Å²) >= 11 is 0. The number of unbranched alkanes of at least 4 members (excludes halogenated alkanes) is 3. The van der Waals surface area contributed by atoms with Crippen LogP contribution in [-0.4, -0.2) is 18.9 Å². The van der Waals surface area contributed by atoms with Gasteiger partial charge in [-0.2, -0.15) is 0 Å². The third-order valence-electron chi connectivity index (χ3n) is 11.7. The van der Waals surface area contributed by atoms with Crippen molar-refractivity contribution in [2.75, 3.05) is 6.61 Å². The van der Waals surface area contributed by atoms with E-state index in [2.05, 4.69) is 47.6 Å². The second kappa shape index (κ2) is 12.5. The largest absolute Gasteiger partial charge is 0.508 e. The van der Waals surface area contributed by atoms with Crippen LogP contribution in [-0.2, 0) is 9.47 Å². The van der Waals surface area contributed by atoms with Crippen LogP contribution in [0.1, 0.15) is 138 Å². The Balaban J connectivity index is 1.34. The van der Waals surface area contributed by atoms with E-state index in [-0.39, 0.29) is 6.10 Å². The van der Waals surface area contributed by atoms with Crippen molar-refractivity contribution in [1.29, 1.82) is 0 Å². The van der Waals surface area contributed by atoms with Gasteiger partial charge in [-0.05, 0) is 97.7 Å². The number of fused-ring (bicyclic) bond motifs is 5. The molecule has 0 aromatic heterocycles. The number of hydrogen-bond donors (Lipinski definition) is 0. The topological polar surface area (TPSA) is 35.5 Å². The molecule has 4 aliphatic rings. The van der Waals surface area contributed by atoms with Gasteiger partial charge in [-0.15, -0.1) is 0 Å². The summed E-state index contributed by atoms with van der Waals surface area (Å²) in [6, 6.07) is 0. The Hall–Kier alpha value is -0.990. The molecule has 4 aliphatic carbocycles. The van der Waals surface area contributed by atoms with Crippen molar-refractivity contribution in [3.8, 4) is 0 Å². The van der Waals surface area contributed by atoms with Crippen molar-refractivity contribution in [3.05, 3.63) is 11.6 Å². The third-order valence-corrected chi connectivity index (χ3v) is 11.7. The molecule has 3 saturated carbocycles. The van der Waals surface area contributed by atoms with Gasteiger partial charge < -0.3 is 9.47 Å². The number of hydrogen-bond acceptors (Lipinski definition) is 3. The van der Waals surface area contributed by atoms with Gasteiger partial charge in [0.2, 0.25) is 0 Å². The van der Waals surface area contributed by atoms with Crippen LogP contribution in [0.15, 0.2) is 11.6 Å². The maximum Gasteiger partial charge on any atom is 0.508 e. The van der Waals surface area contributed by atoms with Gasteiger partial charge in [-0.3, -0.25) is 0 Å². The summed E-state index contributed by atoms with van der Waals surface area (Å²) < 4.78 is 11.2. The number of rotatable bonds is 11. The summed E-state index contributed by atoms with van der Waals surface area (Å²) in [5, 5.41) is 0. The molecule has 0 spiro atoms. The van der Waals surface area contributed by atoms with Crippen LogP contribution in [0.25, 0.3) is 0 Å². The fourth-order valence-electron chi connectivity index (χ4n) is 9.61. The third kappa shape index (κ3) is 6.27. The molecule has 3 heteroatoms. The summed E-state index contributed by atoms with van der Waals surface area (Å²) in [7, 11) is 0. The smallest absolute Gasteiger partial charge is 0.434 e. The molecule has 0 bridgehead atoms. The SMILES string of the molecule is CCCCCCOC(=O)O[C@H]1CC[C@@]2(C)C(=CC[C@H]3[C@@H]4CC[C@H]([C@H](C)CCCC(C)C)[C@@]4(C)CC[C@@H]32)C1. The molecule has 212 valence electrons. The molecule has 4 rings (SSSR count). The van der Waals surface area contributed by atoms with Crippen molar-refractivity contribution in [2.24, 2.45) is 46.3 Å². The van der Waals surface area contributed by atoms with Crippen LogP contribution in [0.5, 0.6) is 0 Å².